The van der Waals surface area contributed by atoms with E-state index in [9.17, 15) is 9.59 Å². The molecule has 0 bridgehead atoms. The number of hydrogen-bond donors (Lipinski definition) is 2. The Hall–Kier alpha value is -0.710. The summed E-state index contributed by atoms with van der Waals surface area (Å²) in [5.74, 6) is -1.71. The molecule has 0 aliphatic heterocycles. The lowest BCUT2D eigenvalue weighted by molar-refractivity contribution is -0.162. The third-order valence-corrected chi connectivity index (χ3v) is 1.75. The lowest BCUT2D eigenvalue weighted by Crippen LogP contribution is -2.35. The molecule has 14 heavy (non-hydrogen) atoms. The Kier molecular flexibility index (Phi) is 4.97. The van der Waals surface area contributed by atoms with Gasteiger partial charge in [-0.2, -0.15) is 0 Å². The molecule has 0 aliphatic carbocycles. The molecule has 0 heterocycles. The molecule has 0 aromatic carbocycles. The number of amides is 1. The van der Waals surface area contributed by atoms with Crippen molar-refractivity contribution in [1.29, 1.82) is 0 Å². The van der Waals surface area contributed by atoms with Crippen molar-refractivity contribution in [2.45, 2.75) is 39.7 Å². The fraction of sp³-hybridized carbons (Fsp3) is 0.778. The molecule has 0 saturated heterocycles. The van der Waals surface area contributed by atoms with Crippen LogP contribution in [0.5, 0.6) is 0 Å². The first-order valence-electron chi connectivity index (χ1n) is 4.48. The Morgan fingerprint density at radius 1 is 1.43 bits per heavy atom. The van der Waals surface area contributed by atoms with Gasteiger partial charge in [0.25, 0.3) is 0 Å². The Bertz CT molecular complexity index is 223. The average Bonchev–Trinajstić information content (AvgIpc) is 2.01. The molecule has 1 atom stereocenters. The van der Waals surface area contributed by atoms with Crippen LogP contribution in [0.2, 0.25) is 0 Å². The van der Waals surface area contributed by atoms with Crippen LogP contribution in [0.1, 0.15) is 34.1 Å². The predicted molar refractivity (Wildman–Crippen MR) is 56.8 cm³/mol. The lowest BCUT2D eigenvalue weighted by Gasteiger charge is -2.22. The van der Waals surface area contributed by atoms with Gasteiger partial charge in [-0.25, -0.2) is 0 Å². The summed E-state index contributed by atoms with van der Waals surface area (Å²) in [6, 6.07) is 0. The maximum absolute atomic E-state index is 11.5. The van der Waals surface area contributed by atoms with Gasteiger partial charge in [0.05, 0.1) is 0 Å². The van der Waals surface area contributed by atoms with E-state index in [4.69, 9.17) is 4.74 Å². The number of hydrogen-bond acceptors (Lipinski definition) is 4. The molecule has 0 aliphatic rings. The van der Waals surface area contributed by atoms with Crippen LogP contribution in [0, 0.1) is 5.92 Å². The van der Waals surface area contributed by atoms with E-state index in [1.807, 2.05) is 0 Å². The van der Waals surface area contributed by atoms with Crippen LogP contribution in [0.4, 0.5) is 0 Å². The molecule has 0 spiro atoms. The largest absolute Gasteiger partial charge is 0.459 e. The van der Waals surface area contributed by atoms with Crippen LogP contribution >= 0.6 is 12.8 Å². The maximum atomic E-state index is 11.5. The minimum absolute atomic E-state index is 0.404. The smallest absolute Gasteiger partial charge is 0.319 e. The minimum Gasteiger partial charge on any atom is -0.459 e. The highest BCUT2D eigenvalue weighted by Crippen LogP contribution is 2.13. The number of rotatable bonds is 3. The first-order valence-corrected chi connectivity index (χ1v) is 4.93. The topological polar surface area (TPSA) is 55.4 Å². The Morgan fingerprint density at radius 3 is 2.21 bits per heavy atom. The van der Waals surface area contributed by atoms with Gasteiger partial charge >= 0.3 is 5.97 Å². The number of carbonyl (C=O) groups is 2. The van der Waals surface area contributed by atoms with Gasteiger partial charge in [-0.3, -0.25) is 9.59 Å². The van der Waals surface area contributed by atoms with Gasteiger partial charge in [0.1, 0.15) is 11.5 Å². The third kappa shape index (κ3) is 4.50. The van der Waals surface area contributed by atoms with E-state index in [1.165, 1.54) is 0 Å². The third-order valence-electron chi connectivity index (χ3n) is 1.53. The van der Waals surface area contributed by atoms with E-state index in [2.05, 4.69) is 17.5 Å². The quantitative estimate of drug-likeness (QED) is 0.427. The van der Waals surface area contributed by atoms with Crippen LogP contribution in [-0.2, 0) is 14.3 Å². The molecule has 5 heteroatoms. The number of thiol groups is 1. The molecule has 1 N–H and O–H groups in total. The van der Waals surface area contributed by atoms with Gasteiger partial charge in [0.15, 0.2) is 0 Å². The van der Waals surface area contributed by atoms with Crippen LogP contribution in [0.3, 0.4) is 0 Å². The summed E-state index contributed by atoms with van der Waals surface area (Å²) in [6.07, 6.45) is 0.404. The van der Waals surface area contributed by atoms with Gasteiger partial charge in [-0.1, -0.05) is 19.7 Å². The Labute approximate surface area is 89.9 Å². The van der Waals surface area contributed by atoms with E-state index in [1.54, 1.807) is 27.7 Å². The molecule has 82 valence electrons. The van der Waals surface area contributed by atoms with Crippen LogP contribution in [-0.4, -0.2) is 17.5 Å². The first-order chi connectivity index (χ1) is 6.31. The Morgan fingerprint density at radius 2 is 1.93 bits per heavy atom. The van der Waals surface area contributed by atoms with Crippen molar-refractivity contribution >= 4 is 24.7 Å². The summed E-state index contributed by atoms with van der Waals surface area (Å²) in [7, 11) is 0. The summed E-state index contributed by atoms with van der Waals surface area (Å²) in [5.41, 5.74) is -0.568. The number of carbonyl (C=O) groups excluding carboxylic acids is 2. The molecule has 1 unspecified atom stereocenters. The van der Waals surface area contributed by atoms with Gasteiger partial charge in [0, 0.05) is 0 Å². The van der Waals surface area contributed by atoms with Crippen LogP contribution in [0.15, 0.2) is 0 Å². The molecule has 0 aromatic heterocycles. The van der Waals surface area contributed by atoms with Crippen molar-refractivity contribution in [3.63, 3.8) is 0 Å². The molecule has 4 nitrogen and oxygen atoms in total. The van der Waals surface area contributed by atoms with Crippen LogP contribution < -0.4 is 4.72 Å². The van der Waals surface area contributed by atoms with Gasteiger partial charge in [0.2, 0.25) is 5.91 Å². The summed E-state index contributed by atoms with van der Waals surface area (Å²) in [5, 5.41) is 0. The zero-order valence-corrected chi connectivity index (χ0v) is 9.85. The van der Waals surface area contributed by atoms with Crippen LogP contribution in [0.25, 0.3) is 0 Å². The molecule has 1 amide bonds. The molecule has 0 radical (unpaired) electrons. The monoisotopic (exact) mass is 219 g/mol. The summed E-state index contributed by atoms with van der Waals surface area (Å²) in [6.45, 7) is 7.03. The van der Waals surface area contributed by atoms with Gasteiger partial charge in [-0.05, 0) is 27.2 Å². The minimum atomic E-state index is -0.772. The number of esters is 1. The normalized spacial score (nSPS) is 13.2. The lowest BCUT2D eigenvalue weighted by atomic mass is 10.1. The van der Waals surface area contributed by atoms with Crippen molar-refractivity contribution in [2.75, 3.05) is 0 Å². The second-order valence-corrected chi connectivity index (χ2v) is 4.19. The summed E-state index contributed by atoms with van der Waals surface area (Å²) in [4.78, 5) is 22.7. The highest BCUT2D eigenvalue weighted by molar-refractivity contribution is 7.78. The summed E-state index contributed by atoms with van der Waals surface area (Å²) < 4.78 is 7.22. The number of nitrogens with one attached hydrogen (secondary N) is 1. The summed E-state index contributed by atoms with van der Waals surface area (Å²) >= 11 is 3.61. The molecule has 0 rings (SSSR count). The second kappa shape index (κ2) is 5.24. The van der Waals surface area contributed by atoms with E-state index in [0.29, 0.717) is 6.42 Å². The molecule has 0 aromatic rings. The zero-order valence-electron chi connectivity index (χ0n) is 8.96. The Balaban J connectivity index is 4.40. The van der Waals surface area contributed by atoms with Crippen molar-refractivity contribution in [3.8, 4) is 0 Å². The fourth-order valence-electron chi connectivity index (χ4n) is 0.910. The van der Waals surface area contributed by atoms with E-state index in [-0.39, 0.29) is 0 Å². The van der Waals surface area contributed by atoms with E-state index < -0.39 is 23.4 Å². The highest BCUT2D eigenvalue weighted by Gasteiger charge is 2.28. The first kappa shape index (κ1) is 13.3. The van der Waals surface area contributed by atoms with Gasteiger partial charge < -0.3 is 9.46 Å². The second-order valence-electron chi connectivity index (χ2n) is 3.97. The average molecular weight is 219 g/mol. The fourth-order valence-corrected chi connectivity index (χ4v) is 1.07. The van der Waals surface area contributed by atoms with Crippen molar-refractivity contribution in [1.82, 2.24) is 4.72 Å². The van der Waals surface area contributed by atoms with Gasteiger partial charge in [-0.15, -0.1) is 0 Å². The van der Waals surface area contributed by atoms with E-state index >= 15 is 0 Å². The predicted octanol–water partition coefficient (Wildman–Crippen LogP) is 1.32. The molecular formula is C9H17NO3S. The maximum Gasteiger partial charge on any atom is 0.319 e. The van der Waals surface area contributed by atoms with Crippen molar-refractivity contribution in [2.24, 2.45) is 5.92 Å². The van der Waals surface area contributed by atoms with Crippen molar-refractivity contribution < 1.29 is 14.3 Å². The molecular weight excluding hydrogens is 202 g/mol. The SMILES string of the molecule is CCC(C(=O)NS)C(=O)OC(C)(C)C. The highest BCUT2D eigenvalue weighted by atomic mass is 32.1. The number of ether oxygens (including phenoxy) is 1. The van der Waals surface area contributed by atoms with E-state index in [0.717, 1.165) is 0 Å². The standard InChI is InChI=1S/C9H17NO3S/c1-5-6(7(11)10-14)8(12)13-9(2,3)4/h6,14H,5H2,1-4H3,(H,10,11). The zero-order chi connectivity index (χ0) is 11.4. The van der Waals surface area contributed by atoms with Crippen molar-refractivity contribution in [3.05, 3.63) is 0 Å². The molecule has 0 fully saturated rings. The molecule has 0 saturated carbocycles.